The molecule has 0 saturated carbocycles. The second kappa shape index (κ2) is 10.5. The smallest absolute Gasteiger partial charge is 0.256 e. The first-order valence-electron chi connectivity index (χ1n) is 11.2. The Bertz CT molecular complexity index is 1220. The number of halogens is 2. The van der Waals surface area contributed by atoms with Crippen molar-refractivity contribution >= 4 is 11.8 Å². The van der Waals surface area contributed by atoms with Crippen molar-refractivity contribution in [1.29, 1.82) is 0 Å². The summed E-state index contributed by atoms with van der Waals surface area (Å²) in [5.74, 6) is -1.61. The molecule has 1 N–H and O–H groups in total. The molecule has 2 amide bonds. The van der Waals surface area contributed by atoms with E-state index in [1.54, 1.807) is 43.5 Å². The van der Waals surface area contributed by atoms with E-state index in [1.807, 2.05) is 0 Å². The molecule has 8 heteroatoms. The van der Waals surface area contributed by atoms with E-state index in [0.717, 1.165) is 11.1 Å². The maximum atomic E-state index is 14.3. The molecule has 6 nitrogen and oxygen atoms in total. The number of nitrogens with zero attached hydrogens (tertiary/aromatic N) is 1. The van der Waals surface area contributed by atoms with Crippen LogP contribution in [0, 0.1) is 17.6 Å². The summed E-state index contributed by atoms with van der Waals surface area (Å²) in [6.45, 7) is 0.512. The highest BCUT2D eigenvalue weighted by Gasteiger charge is 2.42. The molecule has 1 aliphatic rings. The third-order valence-electron chi connectivity index (χ3n) is 6.26. The van der Waals surface area contributed by atoms with E-state index in [9.17, 15) is 18.4 Å². The highest BCUT2D eigenvalue weighted by molar-refractivity contribution is 5.95. The van der Waals surface area contributed by atoms with Gasteiger partial charge in [-0.3, -0.25) is 9.59 Å². The lowest BCUT2D eigenvalue weighted by molar-refractivity contribution is -0.125. The fraction of sp³-hybridized carbons (Fsp3) is 0.259. The Hall–Kier alpha value is -3.94. The van der Waals surface area contributed by atoms with E-state index in [-0.39, 0.29) is 36.9 Å². The molecule has 4 rings (SSSR count). The van der Waals surface area contributed by atoms with Gasteiger partial charge >= 0.3 is 0 Å². The molecule has 0 radical (unpaired) electrons. The molecule has 3 aromatic carbocycles. The normalized spacial score (nSPS) is 17.2. The molecule has 2 atom stereocenters. The zero-order valence-corrected chi connectivity index (χ0v) is 19.5. The van der Waals surface area contributed by atoms with Gasteiger partial charge in [0.15, 0.2) is 0 Å². The summed E-state index contributed by atoms with van der Waals surface area (Å²) in [4.78, 5) is 28.0. The van der Waals surface area contributed by atoms with Gasteiger partial charge in [0.25, 0.3) is 5.91 Å². The summed E-state index contributed by atoms with van der Waals surface area (Å²) in [6.07, 6.45) is 0. The minimum absolute atomic E-state index is 0.0452. The average molecular weight is 481 g/mol. The van der Waals surface area contributed by atoms with E-state index in [4.69, 9.17) is 9.47 Å². The summed E-state index contributed by atoms with van der Waals surface area (Å²) >= 11 is 0. The summed E-state index contributed by atoms with van der Waals surface area (Å²) in [5.41, 5.74) is 1.42. The van der Waals surface area contributed by atoms with Crippen LogP contribution in [0.5, 0.6) is 11.5 Å². The lowest BCUT2D eigenvalue weighted by Crippen LogP contribution is -2.35. The molecule has 1 heterocycles. The minimum atomic E-state index is -0.618. The van der Waals surface area contributed by atoms with Crippen LogP contribution in [0.4, 0.5) is 8.78 Å². The zero-order valence-electron chi connectivity index (χ0n) is 19.5. The summed E-state index contributed by atoms with van der Waals surface area (Å²) < 4.78 is 38.5. The molecule has 1 aliphatic heterocycles. The predicted octanol–water partition coefficient (Wildman–Crippen LogP) is 4.15. The molecule has 0 aliphatic carbocycles. The van der Waals surface area contributed by atoms with Crippen LogP contribution in [0.25, 0.3) is 0 Å². The van der Waals surface area contributed by atoms with Crippen molar-refractivity contribution in [3.05, 3.63) is 95.1 Å². The Morgan fingerprint density at radius 3 is 2.40 bits per heavy atom. The van der Waals surface area contributed by atoms with Gasteiger partial charge < -0.3 is 19.7 Å². The van der Waals surface area contributed by atoms with Crippen LogP contribution < -0.4 is 14.8 Å². The lowest BCUT2D eigenvalue weighted by atomic mass is 9.87. The Morgan fingerprint density at radius 2 is 1.71 bits per heavy atom. The number of carbonyl (C=O) groups excluding carboxylic acids is 2. The van der Waals surface area contributed by atoms with Gasteiger partial charge in [-0.1, -0.05) is 24.3 Å². The molecule has 35 heavy (non-hydrogen) atoms. The SMILES string of the molecule is COc1ccc(OC)c(C2CN(C(=O)c3ccccc3F)CC2C(=O)NCc2ccc(F)cc2)c1. The lowest BCUT2D eigenvalue weighted by Gasteiger charge is -2.21. The largest absolute Gasteiger partial charge is 0.497 e. The summed E-state index contributed by atoms with van der Waals surface area (Å²) in [7, 11) is 3.08. The maximum absolute atomic E-state index is 14.3. The molecular formula is C27H26F2N2O4. The molecule has 2 unspecified atom stereocenters. The van der Waals surface area contributed by atoms with Crippen LogP contribution in [0.3, 0.4) is 0 Å². The van der Waals surface area contributed by atoms with Gasteiger partial charge in [0, 0.05) is 31.1 Å². The number of hydrogen-bond acceptors (Lipinski definition) is 4. The van der Waals surface area contributed by atoms with Crippen molar-refractivity contribution in [2.75, 3.05) is 27.3 Å². The highest BCUT2D eigenvalue weighted by Crippen LogP contribution is 2.40. The Balaban J connectivity index is 1.63. The van der Waals surface area contributed by atoms with Crippen molar-refractivity contribution in [2.45, 2.75) is 12.5 Å². The van der Waals surface area contributed by atoms with Gasteiger partial charge in [0.1, 0.15) is 23.1 Å². The molecular weight excluding hydrogens is 454 g/mol. The van der Waals surface area contributed by atoms with Gasteiger partial charge in [-0.25, -0.2) is 8.78 Å². The van der Waals surface area contributed by atoms with Crippen molar-refractivity contribution in [1.82, 2.24) is 10.2 Å². The molecule has 3 aromatic rings. The first-order valence-corrected chi connectivity index (χ1v) is 11.2. The summed E-state index contributed by atoms with van der Waals surface area (Å²) in [6, 6.07) is 16.9. The number of likely N-dealkylation sites (tertiary alicyclic amines) is 1. The van der Waals surface area contributed by atoms with Gasteiger partial charge in [-0.05, 0) is 48.0 Å². The maximum Gasteiger partial charge on any atom is 0.256 e. The van der Waals surface area contributed by atoms with Crippen molar-refractivity contribution in [3.8, 4) is 11.5 Å². The van der Waals surface area contributed by atoms with Crippen molar-refractivity contribution in [2.24, 2.45) is 5.92 Å². The number of amides is 2. The quantitative estimate of drug-likeness (QED) is 0.552. The molecule has 0 bridgehead atoms. The van der Waals surface area contributed by atoms with Crippen molar-refractivity contribution in [3.63, 3.8) is 0 Å². The first kappa shape index (κ1) is 24.2. The molecule has 1 fully saturated rings. The van der Waals surface area contributed by atoms with Crippen LogP contribution in [-0.4, -0.2) is 44.0 Å². The van der Waals surface area contributed by atoms with Crippen LogP contribution in [-0.2, 0) is 11.3 Å². The number of carbonyl (C=O) groups is 2. The summed E-state index contributed by atoms with van der Waals surface area (Å²) in [5, 5.41) is 2.89. The number of benzene rings is 3. The molecule has 0 aromatic heterocycles. The topological polar surface area (TPSA) is 67.9 Å². The second-order valence-corrected chi connectivity index (χ2v) is 8.36. The third kappa shape index (κ3) is 5.26. The van der Waals surface area contributed by atoms with Gasteiger partial charge in [0.05, 0.1) is 25.7 Å². The molecule has 0 spiro atoms. The van der Waals surface area contributed by atoms with Gasteiger partial charge in [-0.2, -0.15) is 0 Å². The Morgan fingerprint density at radius 1 is 0.971 bits per heavy atom. The van der Waals surface area contributed by atoms with Crippen LogP contribution in [0.2, 0.25) is 0 Å². The standard InChI is InChI=1S/C27H26F2N2O4/c1-34-19-11-12-25(35-2)21(13-19)22-15-31(27(33)20-5-3-4-6-24(20)29)16-23(22)26(32)30-14-17-7-9-18(28)10-8-17/h3-13,22-23H,14-16H2,1-2H3,(H,30,32). The Labute approximate surface area is 202 Å². The molecule has 182 valence electrons. The van der Waals surface area contributed by atoms with Crippen LogP contribution >= 0.6 is 0 Å². The fourth-order valence-electron chi connectivity index (χ4n) is 4.41. The third-order valence-corrected chi connectivity index (χ3v) is 6.26. The number of ether oxygens (including phenoxy) is 2. The second-order valence-electron chi connectivity index (χ2n) is 8.36. The Kier molecular flexibility index (Phi) is 7.29. The van der Waals surface area contributed by atoms with E-state index in [2.05, 4.69) is 5.32 Å². The number of nitrogens with one attached hydrogen (secondary N) is 1. The zero-order chi connectivity index (χ0) is 24.9. The predicted molar refractivity (Wildman–Crippen MR) is 126 cm³/mol. The van der Waals surface area contributed by atoms with Crippen molar-refractivity contribution < 1.29 is 27.8 Å². The highest BCUT2D eigenvalue weighted by atomic mass is 19.1. The van der Waals surface area contributed by atoms with E-state index in [1.165, 1.54) is 42.3 Å². The van der Waals surface area contributed by atoms with Crippen LogP contribution in [0.15, 0.2) is 66.7 Å². The number of methoxy groups -OCH3 is 2. The average Bonchev–Trinajstić information content (AvgIpc) is 3.33. The monoisotopic (exact) mass is 480 g/mol. The minimum Gasteiger partial charge on any atom is -0.497 e. The van der Waals surface area contributed by atoms with Gasteiger partial charge in [-0.15, -0.1) is 0 Å². The van der Waals surface area contributed by atoms with Gasteiger partial charge in [0.2, 0.25) is 5.91 Å². The number of hydrogen-bond donors (Lipinski definition) is 1. The fourth-order valence-corrected chi connectivity index (χ4v) is 4.41. The van der Waals surface area contributed by atoms with E-state index >= 15 is 0 Å². The number of rotatable bonds is 7. The van der Waals surface area contributed by atoms with E-state index in [0.29, 0.717) is 11.5 Å². The molecule has 1 saturated heterocycles. The van der Waals surface area contributed by atoms with Crippen LogP contribution in [0.1, 0.15) is 27.4 Å². The van der Waals surface area contributed by atoms with E-state index < -0.39 is 23.6 Å². The first-order chi connectivity index (χ1) is 16.9.